The van der Waals surface area contributed by atoms with Crippen LogP contribution < -0.4 is 10.1 Å². The van der Waals surface area contributed by atoms with Crippen LogP contribution in [-0.2, 0) is 9.53 Å². The Hall–Kier alpha value is -2.67. The minimum Gasteiger partial charge on any atom is -0.497 e. The number of methoxy groups -OCH3 is 1. The lowest BCUT2D eigenvalue weighted by molar-refractivity contribution is -0.141. The van der Waals surface area contributed by atoms with E-state index >= 15 is 0 Å². The van der Waals surface area contributed by atoms with Crippen molar-refractivity contribution >= 4 is 33.6 Å². The van der Waals surface area contributed by atoms with Crippen LogP contribution in [0.15, 0.2) is 53.0 Å². The van der Waals surface area contributed by atoms with Crippen molar-refractivity contribution in [3.8, 4) is 5.75 Å². The fourth-order valence-corrected chi connectivity index (χ4v) is 2.18. The molecule has 0 unspecified atom stereocenters. The number of hydrogen-bond acceptors (Lipinski definition) is 5. The molecule has 0 atom stereocenters. The lowest BCUT2D eigenvalue weighted by Gasteiger charge is -2.07. The summed E-state index contributed by atoms with van der Waals surface area (Å²) in [5.41, 5.74) is 0.831. The molecule has 0 aliphatic heterocycles. The van der Waals surface area contributed by atoms with E-state index in [1.807, 2.05) is 0 Å². The number of esters is 1. The van der Waals surface area contributed by atoms with Crippen molar-refractivity contribution in [2.75, 3.05) is 20.3 Å². The van der Waals surface area contributed by atoms with Crippen LogP contribution in [-0.4, -0.2) is 37.9 Å². The van der Waals surface area contributed by atoms with Crippen LogP contribution in [0.4, 0.5) is 0 Å². The number of carbonyl (C=O) groups is 3. The quantitative estimate of drug-likeness (QED) is 0.565. The predicted molar refractivity (Wildman–Crippen MR) is 94.8 cm³/mol. The molecule has 0 aromatic heterocycles. The van der Waals surface area contributed by atoms with Gasteiger partial charge in [0.2, 0.25) is 0 Å². The number of hydrogen-bond donors (Lipinski definition) is 1. The summed E-state index contributed by atoms with van der Waals surface area (Å²) in [4.78, 5) is 35.5. The molecule has 0 bridgehead atoms. The first-order valence-electron chi connectivity index (χ1n) is 7.36. The van der Waals surface area contributed by atoms with Crippen molar-refractivity contribution in [3.63, 3.8) is 0 Å². The molecule has 0 aliphatic carbocycles. The first-order valence-corrected chi connectivity index (χ1v) is 8.15. The average Bonchev–Trinajstić information content (AvgIpc) is 2.64. The van der Waals surface area contributed by atoms with Crippen molar-refractivity contribution in [2.24, 2.45) is 0 Å². The monoisotopic (exact) mass is 405 g/mol. The molecule has 25 heavy (non-hydrogen) atoms. The Morgan fingerprint density at radius 2 is 1.56 bits per heavy atom. The second-order valence-corrected chi connectivity index (χ2v) is 5.92. The van der Waals surface area contributed by atoms with Crippen molar-refractivity contribution in [1.29, 1.82) is 0 Å². The van der Waals surface area contributed by atoms with E-state index in [0.29, 0.717) is 16.9 Å². The summed E-state index contributed by atoms with van der Waals surface area (Å²) in [5.74, 6) is -0.795. The molecule has 0 heterocycles. The summed E-state index contributed by atoms with van der Waals surface area (Å²) in [7, 11) is 1.53. The molecule has 0 saturated heterocycles. The van der Waals surface area contributed by atoms with Gasteiger partial charge in [-0.05, 0) is 36.4 Å². The Kier molecular flexibility index (Phi) is 6.71. The van der Waals surface area contributed by atoms with Crippen LogP contribution in [0.2, 0.25) is 0 Å². The molecule has 0 saturated carbocycles. The normalized spacial score (nSPS) is 10.0. The van der Waals surface area contributed by atoms with Crippen LogP contribution in [0.5, 0.6) is 5.75 Å². The van der Waals surface area contributed by atoms with Gasteiger partial charge >= 0.3 is 5.97 Å². The fourth-order valence-electron chi connectivity index (χ4n) is 1.91. The predicted octanol–water partition coefficient (Wildman–Crippen LogP) is 2.61. The highest BCUT2D eigenvalue weighted by Crippen LogP contribution is 2.12. The standard InChI is InChI=1S/C18H16BrNO5/c1-24-15-8-4-13(5-9-15)18(23)20-10-17(22)25-11-16(21)12-2-6-14(19)7-3-12/h2-9H,10-11H2,1H3,(H,20,23). The number of amides is 1. The Morgan fingerprint density at radius 1 is 0.960 bits per heavy atom. The smallest absolute Gasteiger partial charge is 0.325 e. The number of nitrogens with one attached hydrogen (secondary N) is 1. The molecule has 7 heteroatoms. The van der Waals surface area contributed by atoms with E-state index in [1.54, 1.807) is 48.5 Å². The molecule has 1 amide bonds. The highest BCUT2D eigenvalue weighted by Gasteiger charge is 2.12. The molecule has 0 spiro atoms. The Labute approximate surface area is 153 Å². The SMILES string of the molecule is COc1ccc(C(=O)NCC(=O)OCC(=O)c2ccc(Br)cc2)cc1. The summed E-state index contributed by atoms with van der Waals surface area (Å²) in [5, 5.41) is 2.44. The third-order valence-corrected chi connectivity index (χ3v) is 3.80. The molecule has 2 rings (SSSR count). The van der Waals surface area contributed by atoms with E-state index in [2.05, 4.69) is 21.2 Å². The maximum atomic E-state index is 11.9. The van der Waals surface area contributed by atoms with Crippen molar-refractivity contribution in [2.45, 2.75) is 0 Å². The van der Waals surface area contributed by atoms with Crippen molar-refractivity contribution in [3.05, 3.63) is 64.1 Å². The van der Waals surface area contributed by atoms with Crippen LogP contribution in [0, 0.1) is 0 Å². The molecular weight excluding hydrogens is 390 g/mol. The van der Waals surface area contributed by atoms with Gasteiger partial charge in [0.1, 0.15) is 12.3 Å². The summed E-state index contributed by atoms with van der Waals surface area (Å²) >= 11 is 3.27. The van der Waals surface area contributed by atoms with E-state index in [-0.39, 0.29) is 18.9 Å². The Bertz CT molecular complexity index is 756. The first-order chi connectivity index (χ1) is 12.0. The Balaban J connectivity index is 1.77. The van der Waals surface area contributed by atoms with Gasteiger partial charge in [-0.25, -0.2) is 0 Å². The van der Waals surface area contributed by atoms with E-state index in [0.717, 1.165) is 4.47 Å². The number of ketones is 1. The average molecular weight is 406 g/mol. The second kappa shape index (κ2) is 8.98. The summed E-state index contributed by atoms with van der Waals surface area (Å²) in [6, 6.07) is 13.2. The van der Waals surface area contributed by atoms with E-state index in [9.17, 15) is 14.4 Å². The van der Waals surface area contributed by atoms with E-state index in [4.69, 9.17) is 9.47 Å². The van der Waals surface area contributed by atoms with Crippen LogP contribution >= 0.6 is 15.9 Å². The van der Waals surface area contributed by atoms with Crippen LogP contribution in [0.3, 0.4) is 0 Å². The number of Topliss-reactive ketones (excluding diaryl/α,β-unsaturated/α-hetero) is 1. The van der Waals surface area contributed by atoms with Gasteiger partial charge < -0.3 is 14.8 Å². The zero-order valence-corrected chi connectivity index (χ0v) is 15.0. The van der Waals surface area contributed by atoms with Crippen molar-refractivity contribution < 1.29 is 23.9 Å². The molecule has 2 aromatic rings. The maximum absolute atomic E-state index is 11.9. The van der Waals surface area contributed by atoms with Gasteiger partial charge in [-0.1, -0.05) is 28.1 Å². The third kappa shape index (κ3) is 5.72. The van der Waals surface area contributed by atoms with Gasteiger partial charge in [0.05, 0.1) is 7.11 Å². The third-order valence-electron chi connectivity index (χ3n) is 3.28. The van der Waals surface area contributed by atoms with E-state index in [1.165, 1.54) is 7.11 Å². The second-order valence-electron chi connectivity index (χ2n) is 5.00. The largest absolute Gasteiger partial charge is 0.497 e. The topological polar surface area (TPSA) is 81.7 Å². The zero-order chi connectivity index (χ0) is 18.2. The zero-order valence-electron chi connectivity index (χ0n) is 13.5. The number of halogens is 1. The van der Waals surface area contributed by atoms with Crippen LogP contribution in [0.1, 0.15) is 20.7 Å². The van der Waals surface area contributed by atoms with Crippen molar-refractivity contribution in [1.82, 2.24) is 5.32 Å². The molecule has 0 radical (unpaired) electrons. The van der Waals surface area contributed by atoms with Gasteiger partial charge in [0, 0.05) is 15.6 Å². The highest BCUT2D eigenvalue weighted by molar-refractivity contribution is 9.10. The molecule has 1 N–H and O–H groups in total. The van der Waals surface area contributed by atoms with Gasteiger partial charge in [-0.3, -0.25) is 14.4 Å². The summed E-state index contributed by atoms with van der Waals surface area (Å²) in [6.07, 6.45) is 0. The van der Waals surface area contributed by atoms with Gasteiger partial charge in [-0.15, -0.1) is 0 Å². The molecule has 6 nitrogen and oxygen atoms in total. The lowest BCUT2D eigenvalue weighted by atomic mass is 10.1. The number of benzene rings is 2. The van der Waals surface area contributed by atoms with Gasteiger partial charge in [-0.2, -0.15) is 0 Å². The highest BCUT2D eigenvalue weighted by atomic mass is 79.9. The molecule has 2 aromatic carbocycles. The molecule has 0 fully saturated rings. The fraction of sp³-hybridized carbons (Fsp3) is 0.167. The van der Waals surface area contributed by atoms with Gasteiger partial charge in [0.15, 0.2) is 12.4 Å². The lowest BCUT2D eigenvalue weighted by Crippen LogP contribution is -2.31. The molecule has 0 aliphatic rings. The molecular formula is C18H16BrNO5. The van der Waals surface area contributed by atoms with Gasteiger partial charge in [0.25, 0.3) is 5.91 Å². The Morgan fingerprint density at radius 3 is 2.16 bits per heavy atom. The summed E-state index contributed by atoms with van der Waals surface area (Å²) in [6.45, 7) is -0.697. The summed E-state index contributed by atoms with van der Waals surface area (Å²) < 4.78 is 10.7. The number of carbonyl (C=O) groups excluding carboxylic acids is 3. The number of rotatable bonds is 7. The first kappa shape index (κ1) is 18.7. The van der Waals surface area contributed by atoms with Crippen LogP contribution in [0.25, 0.3) is 0 Å². The minimum absolute atomic E-state index is 0.317. The van der Waals surface area contributed by atoms with E-state index < -0.39 is 11.9 Å². The number of ether oxygens (including phenoxy) is 2. The minimum atomic E-state index is -0.688. The maximum Gasteiger partial charge on any atom is 0.325 e. The molecule has 130 valence electrons.